The van der Waals surface area contributed by atoms with E-state index in [9.17, 15) is 0 Å². The van der Waals surface area contributed by atoms with Crippen molar-refractivity contribution in [1.29, 1.82) is 0 Å². The molecule has 1 saturated heterocycles. The second-order valence-corrected chi connectivity index (χ2v) is 6.53. The van der Waals surface area contributed by atoms with Crippen LogP contribution in [0.5, 0.6) is 0 Å². The number of nitrogens with zero attached hydrogens (tertiary/aromatic N) is 2. The maximum absolute atomic E-state index is 6.21. The molecule has 1 atom stereocenters. The van der Waals surface area contributed by atoms with Crippen molar-refractivity contribution < 1.29 is 9.15 Å². The number of ether oxygens (including phenoxy) is 1. The Balaban J connectivity index is 1.84. The van der Waals surface area contributed by atoms with E-state index in [1.807, 2.05) is 31.2 Å². The topological polar surface area (TPSA) is 48.2 Å². The minimum Gasteiger partial charge on any atom is -0.437 e. The van der Waals surface area contributed by atoms with Crippen LogP contribution in [-0.2, 0) is 4.74 Å². The largest absolute Gasteiger partial charge is 0.437 e. The minimum atomic E-state index is 0.128. The molecule has 1 unspecified atom stereocenters. The fraction of sp³-hybridized carbons (Fsp3) is 0.238. The van der Waals surface area contributed by atoms with Crippen LogP contribution in [0.4, 0.5) is 0 Å². The number of hydrogen-bond donors (Lipinski definition) is 0. The van der Waals surface area contributed by atoms with Crippen molar-refractivity contribution in [2.75, 3.05) is 6.61 Å². The molecule has 0 radical (unpaired) electrons. The lowest BCUT2D eigenvalue weighted by Gasteiger charge is -2.11. The molecule has 0 aliphatic carbocycles. The molecule has 124 valence electrons. The summed E-state index contributed by atoms with van der Waals surface area (Å²) in [5.41, 5.74) is 5.57. The third-order valence-electron chi connectivity index (χ3n) is 4.85. The molecule has 4 aromatic rings. The Morgan fingerprint density at radius 2 is 2.08 bits per heavy atom. The number of aromatic nitrogens is 2. The Morgan fingerprint density at radius 1 is 1.12 bits per heavy atom. The van der Waals surface area contributed by atoms with Crippen molar-refractivity contribution in [3.63, 3.8) is 0 Å². The summed E-state index contributed by atoms with van der Waals surface area (Å²) in [5.74, 6) is 0. The molecule has 0 saturated carbocycles. The second kappa shape index (κ2) is 5.67. The van der Waals surface area contributed by atoms with Crippen molar-refractivity contribution in [2.45, 2.75) is 25.9 Å². The number of aryl methyl sites for hydroxylation is 1. The van der Waals surface area contributed by atoms with Crippen LogP contribution in [0.15, 0.2) is 53.1 Å². The van der Waals surface area contributed by atoms with Crippen LogP contribution in [0, 0.1) is 6.92 Å². The molecule has 5 rings (SSSR count). The molecule has 4 nitrogen and oxygen atoms in total. The minimum absolute atomic E-state index is 0.128. The summed E-state index contributed by atoms with van der Waals surface area (Å²) in [7, 11) is 0. The predicted molar refractivity (Wildman–Crippen MR) is 97.4 cm³/mol. The molecule has 4 heteroatoms. The molecule has 0 amide bonds. The van der Waals surface area contributed by atoms with Crippen LogP contribution in [-0.4, -0.2) is 16.6 Å². The highest BCUT2D eigenvalue weighted by atomic mass is 16.5. The summed E-state index contributed by atoms with van der Waals surface area (Å²) in [6.45, 7) is 2.83. The van der Waals surface area contributed by atoms with E-state index >= 15 is 0 Å². The van der Waals surface area contributed by atoms with Gasteiger partial charge >= 0.3 is 0 Å². The molecule has 0 spiro atoms. The van der Waals surface area contributed by atoms with Gasteiger partial charge in [-0.25, -0.2) is 4.98 Å². The molecule has 0 bridgehead atoms. The summed E-state index contributed by atoms with van der Waals surface area (Å²) in [5, 5.41) is 2.15. The number of rotatable bonds is 2. The first-order valence-corrected chi connectivity index (χ1v) is 8.67. The maximum Gasteiger partial charge on any atom is 0.227 e. The van der Waals surface area contributed by atoms with Crippen molar-refractivity contribution in [3.8, 4) is 11.3 Å². The number of para-hydroxylation sites is 1. The zero-order valence-corrected chi connectivity index (χ0v) is 14.0. The first kappa shape index (κ1) is 14.6. The summed E-state index contributed by atoms with van der Waals surface area (Å²) in [4.78, 5) is 9.12. The van der Waals surface area contributed by atoms with Crippen LogP contribution in [0.2, 0.25) is 0 Å². The summed E-state index contributed by atoms with van der Waals surface area (Å²) in [6, 6.07) is 14.3. The average Bonchev–Trinajstić information content (AvgIpc) is 3.29. The van der Waals surface area contributed by atoms with E-state index in [0.29, 0.717) is 5.71 Å². The maximum atomic E-state index is 6.21. The lowest BCUT2D eigenvalue weighted by atomic mass is 9.99. The Bertz CT molecular complexity index is 1060. The standard InChI is InChI=1S/C21H18N2O2/c1-13-12-16(18-9-5-11-24-18)19-15-7-4-6-14(17-8-2-3-10-22-17)20(15)25-21(19)23-13/h2-4,6-8,10,12,18H,5,9,11H2,1H3. The van der Waals surface area contributed by atoms with E-state index in [1.165, 1.54) is 5.56 Å². The number of benzene rings is 1. The molecule has 1 fully saturated rings. The van der Waals surface area contributed by atoms with Crippen molar-refractivity contribution in [1.82, 2.24) is 9.97 Å². The van der Waals surface area contributed by atoms with Gasteiger partial charge < -0.3 is 9.15 Å². The number of furan rings is 1. The van der Waals surface area contributed by atoms with Gasteiger partial charge in [-0.2, -0.15) is 0 Å². The summed E-state index contributed by atoms with van der Waals surface area (Å²) >= 11 is 0. The van der Waals surface area contributed by atoms with Gasteiger partial charge in [0, 0.05) is 29.4 Å². The predicted octanol–water partition coefficient (Wildman–Crippen LogP) is 5.20. The molecular formula is C21H18N2O2. The SMILES string of the molecule is Cc1cc(C2CCCO2)c2c(n1)oc1c(-c3ccccn3)cccc12. The average molecular weight is 330 g/mol. The number of fused-ring (bicyclic) bond motifs is 3. The smallest absolute Gasteiger partial charge is 0.227 e. The summed E-state index contributed by atoms with van der Waals surface area (Å²) < 4.78 is 12.2. The normalized spacial score (nSPS) is 17.6. The molecular weight excluding hydrogens is 312 g/mol. The van der Waals surface area contributed by atoms with Crippen LogP contribution < -0.4 is 0 Å². The zero-order valence-electron chi connectivity index (χ0n) is 14.0. The molecule has 1 aliphatic heterocycles. The first-order valence-electron chi connectivity index (χ1n) is 8.67. The van der Waals surface area contributed by atoms with Crippen LogP contribution in [0.1, 0.15) is 30.2 Å². The van der Waals surface area contributed by atoms with Crippen molar-refractivity contribution in [3.05, 3.63) is 59.9 Å². The Morgan fingerprint density at radius 3 is 2.88 bits per heavy atom. The molecule has 25 heavy (non-hydrogen) atoms. The molecule has 4 heterocycles. The number of pyridine rings is 2. The van der Waals surface area contributed by atoms with Crippen LogP contribution in [0.3, 0.4) is 0 Å². The Kier molecular flexibility index (Phi) is 3.31. The van der Waals surface area contributed by atoms with Gasteiger partial charge in [-0.05, 0) is 49.6 Å². The van der Waals surface area contributed by atoms with E-state index in [1.54, 1.807) is 6.20 Å². The van der Waals surface area contributed by atoms with Gasteiger partial charge in [-0.3, -0.25) is 4.98 Å². The van der Waals surface area contributed by atoms with Gasteiger partial charge in [0.1, 0.15) is 5.58 Å². The van der Waals surface area contributed by atoms with E-state index in [2.05, 4.69) is 28.2 Å². The monoisotopic (exact) mass is 330 g/mol. The van der Waals surface area contributed by atoms with E-state index in [0.717, 1.165) is 52.8 Å². The second-order valence-electron chi connectivity index (χ2n) is 6.53. The summed E-state index contributed by atoms with van der Waals surface area (Å²) in [6.07, 6.45) is 4.08. The lowest BCUT2D eigenvalue weighted by Crippen LogP contribution is -1.98. The van der Waals surface area contributed by atoms with Crippen molar-refractivity contribution >= 4 is 22.1 Å². The fourth-order valence-electron chi connectivity index (χ4n) is 3.75. The van der Waals surface area contributed by atoms with Crippen LogP contribution in [0.25, 0.3) is 33.3 Å². The first-order chi connectivity index (χ1) is 12.3. The van der Waals surface area contributed by atoms with Gasteiger partial charge in [-0.1, -0.05) is 18.2 Å². The highest BCUT2D eigenvalue weighted by Gasteiger charge is 2.24. The molecule has 1 aromatic carbocycles. The third kappa shape index (κ3) is 2.33. The van der Waals surface area contributed by atoms with Gasteiger partial charge in [0.25, 0.3) is 0 Å². The molecule has 1 aliphatic rings. The van der Waals surface area contributed by atoms with Gasteiger partial charge in [0.05, 0.1) is 17.2 Å². The Labute approximate surface area is 145 Å². The highest BCUT2D eigenvalue weighted by Crippen LogP contribution is 2.40. The van der Waals surface area contributed by atoms with Gasteiger partial charge in [0.15, 0.2) is 0 Å². The highest BCUT2D eigenvalue weighted by molar-refractivity contribution is 6.09. The Hall–Kier alpha value is -2.72. The lowest BCUT2D eigenvalue weighted by molar-refractivity contribution is 0.113. The molecule has 3 aromatic heterocycles. The van der Waals surface area contributed by atoms with Gasteiger partial charge in [0.2, 0.25) is 5.71 Å². The van der Waals surface area contributed by atoms with E-state index in [-0.39, 0.29) is 6.10 Å². The molecule has 0 N–H and O–H groups in total. The quantitative estimate of drug-likeness (QED) is 0.506. The van der Waals surface area contributed by atoms with E-state index in [4.69, 9.17) is 9.15 Å². The van der Waals surface area contributed by atoms with E-state index < -0.39 is 0 Å². The number of hydrogen-bond acceptors (Lipinski definition) is 4. The fourth-order valence-corrected chi connectivity index (χ4v) is 3.75. The van der Waals surface area contributed by atoms with Gasteiger partial charge in [-0.15, -0.1) is 0 Å². The third-order valence-corrected chi connectivity index (χ3v) is 4.85. The van der Waals surface area contributed by atoms with Crippen molar-refractivity contribution in [2.24, 2.45) is 0 Å². The zero-order chi connectivity index (χ0) is 16.8. The van der Waals surface area contributed by atoms with Crippen LogP contribution >= 0.6 is 0 Å².